The minimum absolute atomic E-state index is 0.298. The summed E-state index contributed by atoms with van der Waals surface area (Å²) in [5, 5.41) is 10.7. The third kappa shape index (κ3) is 1.34. The Balaban J connectivity index is 2.02. The highest BCUT2D eigenvalue weighted by Gasteiger charge is 2.61. The molecule has 0 bridgehead atoms. The molecule has 2 unspecified atom stereocenters. The molecule has 0 heterocycles. The second-order valence-electron chi connectivity index (χ2n) is 6.44. The fraction of sp³-hybridized carbons (Fsp3) is 0.333. The first-order valence-electron chi connectivity index (χ1n) is 6.98. The first-order chi connectivity index (χ1) is 9.12. The van der Waals surface area contributed by atoms with E-state index >= 15 is 0 Å². The zero-order chi connectivity index (χ0) is 13.2. The molecule has 0 aromatic heterocycles. The van der Waals surface area contributed by atoms with Crippen LogP contribution in [0.3, 0.4) is 0 Å². The van der Waals surface area contributed by atoms with Gasteiger partial charge in [-0.25, -0.2) is 0 Å². The molecular weight excluding hydrogens is 232 g/mol. The Morgan fingerprint density at radius 3 is 1.53 bits per heavy atom. The fourth-order valence-corrected chi connectivity index (χ4v) is 4.05. The second kappa shape index (κ2) is 3.49. The number of rotatable bonds is 0. The molecule has 0 aliphatic heterocycles. The van der Waals surface area contributed by atoms with Gasteiger partial charge in [0.2, 0.25) is 0 Å². The van der Waals surface area contributed by atoms with Crippen LogP contribution in [0.15, 0.2) is 48.5 Å². The van der Waals surface area contributed by atoms with Crippen molar-refractivity contribution in [1.29, 1.82) is 0 Å². The van der Waals surface area contributed by atoms with Gasteiger partial charge in [-0.15, -0.1) is 0 Å². The van der Waals surface area contributed by atoms with Gasteiger partial charge in [-0.3, -0.25) is 0 Å². The van der Waals surface area contributed by atoms with Crippen LogP contribution >= 0.6 is 0 Å². The second-order valence-corrected chi connectivity index (χ2v) is 6.44. The SMILES string of the molecule is CC1(C)C2c3ccccc3C(O)c3ccccc3C21. The van der Waals surface area contributed by atoms with Gasteiger partial charge in [0.1, 0.15) is 6.10 Å². The Bertz CT molecular complexity index is 601. The predicted molar refractivity (Wildman–Crippen MR) is 76.2 cm³/mol. The Labute approximate surface area is 113 Å². The molecule has 2 aromatic rings. The summed E-state index contributed by atoms with van der Waals surface area (Å²) >= 11 is 0. The van der Waals surface area contributed by atoms with Gasteiger partial charge in [-0.2, -0.15) is 0 Å². The molecule has 2 aliphatic carbocycles. The Kier molecular flexibility index (Phi) is 2.06. The summed E-state index contributed by atoms with van der Waals surface area (Å²) < 4.78 is 0. The molecule has 1 saturated carbocycles. The van der Waals surface area contributed by atoms with E-state index in [1.54, 1.807) is 0 Å². The summed E-state index contributed by atoms with van der Waals surface area (Å²) in [6.45, 7) is 4.68. The standard InChI is InChI=1S/C18H18O/c1-18(2)15-11-7-3-5-9-13(11)17(19)14-10-6-4-8-12(14)16(15)18/h3-10,15-17,19H,1-2H3. The molecule has 0 saturated heterocycles. The van der Waals surface area contributed by atoms with Crippen LogP contribution in [0.25, 0.3) is 0 Å². The van der Waals surface area contributed by atoms with Crippen LogP contribution in [-0.4, -0.2) is 5.11 Å². The van der Waals surface area contributed by atoms with E-state index in [1.807, 2.05) is 12.1 Å². The summed E-state index contributed by atoms with van der Waals surface area (Å²) in [6.07, 6.45) is -0.476. The molecule has 1 N–H and O–H groups in total. The number of benzene rings is 2. The van der Waals surface area contributed by atoms with Crippen molar-refractivity contribution < 1.29 is 5.11 Å². The van der Waals surface area contributed by atoms with Crippen LogP contribution < -0.4 is 0 Å². The van der Waals surface area contributed by atoms with Crippen LogP contribution in [0.5, 0.6) is 0 Å². The Hall–Kier alpha value is -1.60. The molecule has 1 fully saturated rings. The average Bonchev–Trinajstić information content (AvgIpc) is 3.02. The maximum atomic E-state index is 10.7. The lowest BCUT2D eigenvalue weighted by Gasteiger charge is -2.18. The summed E-state index contributed by atoms with van der Waals surface area (Å²) in [5.74, 6) is 1.09. The van der Waals surface area contributed by atoms with Crippen molar-refractivity contribution in [2.75, 3.05) is 0 Å². The molecule has 0 radical (unpaired) electrons. The number of aliphatic hydroxyl groups excluding tert-OH is 1. The van der Waals surface area contributed by atoms with E-state index < -0.39 is 6.10 Å². The van der Waals surface area contributed by atoms with E-state index in [-0.39, 0.29) is 0 Å². The van der Waals surface area contributed by atoms with Gasteiger partial charge < -0.3 is 5.11 Å². The lowest BCUT2D eigenvalue weighted by molar-refractivity contribution is 0.218. The Morgan fingerprint density at radius 2 is 1.11 bits per heavy atom. The highest BCUT2D eigenvalue weighted by molar-refractivity contribution is 5.54. The number of fused-ring (bicyclic) bond motifs is 5. The number of hydrogen-bond acceptors (Lipinski definition) is 1. The average molecular weight is 250 g/mol. The zero-order valence-corrected chi connectivity index (χ0v) is 11.3. The zero-order valence-electron chi connectivity index (χ0n) is 11.3. The molecule has 4 rings (SSSR count). The molecular formula is C18H18O. The van der Waals surface area contributed by atoms with Crippen LogP contribution in [0.2, 0.25) is 0 Å². The Morgan fingerprint density at radius 1 is 0.737 bits per heavy atom. The van der Waals surface area contributed by atoms with E-state index in [0.29, 0.717) is 17.3 Å². The van der Waals surface area contributed by atoms with E-state index in [2.05, 4.69) is 50.2 Å². The van der Waals surface area contributed by atoms with Crippen molar-refractivity contribution in [1.82, 2.24) is 0 Å². The van der Waals surface area contributed by atoms with Crippen LogP contribution in [0.4, 0.5) is 0 Å². The summed E-state index contributed by atoms with van der Waals surface area (Å²) in [5.41, 5.74) is 5.15. The highest BCUT2D eigenvalue weighted by atomic mass is 16.3. The van der Waals surface area contributed by atoms with E-state index in [4.69, 9.17) is 0 Å². The first-order valence-corrected chi connectivity index (χ1v) is 6.98. The van der Waals surface area contributed by atoms with Gasteiger partial charge >= 0.3 is 0 Å². The van der Waals surface area contributed by atoms with Crippen LogP contribution in [-0.2, 0) is 0 Å². The third-order valence-corrected chi connectivity index (χ3v) is 5.08. The topological polar surface area (TPSA) is 20.2 Å². The van der Waals surface area contributed by atoms with Gasteiger partial charge in [0.15, 0.2) is 0 Å². The summed E-state index contributed by atoms with van der Waals surface area (Å²) in [6, 6.07) is 16.8. The summed E-state index contributed by atoms with van der Waals surface area (Å²) in [7, 11) is 0. The minimum atomic E-state index is -0.476. The smallest absolute Gasteiger partial charge is 0.105 e. The van der Waals surface area contributed by atoms with Gasteiger partial charge in [0.25, 0.3) is 0 Å². The largest absolute Gasteiger partial charge is 0.384 e. The lowest BCUT2D eigenvalue weighted by Crippen LogP contribution is -2.06. The molecule has 0 amide bonds. The molecule has 2 aliphatic rings. The van der Waals surface area contributed by atoms with E-state index in [9.17, 15) is 5.11 Å². The van der Waals surface area contributed by atoms with Crippen LogP contribution in [0, 0.1) is 5.41 Å². The van der Waals surface area contributed by atoms with E-state index in [1.165, 1.54) is 11.1 Å². The van der Waals surface area contributed by atoms with Crippen molar-refractivity contribution in [2.45, 2.75) is 31.8 Å². The molecule has 2 aromatic carbocycles. The van der Waals surface area contributed by atoms with Crippen molar-refractivity contribution in [3.63, 3.8) is 0 Å². The molecule has 2 atom stereocenters. The van der Waals surface area contributed by atoms with Crippen molar-refractivity contribution in [3.05, 3.63) is 70.8 Å². The van der Waals surface area contributed by atoms with Crippen molar-refractivity contribution >= 4 is 0 Å². The normalized spacial score (nSPS) is 29.7. The molecule has 1 heteroatoms. The molecule has 0 spiro atoms. The summed E-state index contributed by atoms with van der Waals surface area (Å²) in [4.78, 5) is 0. The first kappa shape index (κ1) is 11.2. The number of hydrogen-bond donors (Lipinski definition) is 1. The van der Waals surface area contributed by atoms with Crippen molar-refractivity contribution in [3.8, 4) is 0 Å². The van der Waals surface area contributed by atoms with Gasteiger partial charge in [-0.05, 0) is 39.5 Å². The maximum Gasteiger partial charge on any atom is 0.105 e. The molecule has 1 nitrogen and oxygen atoms in total. The third-order valence-electron chi connectivity index (χ3n) is 5.08. The van der Waals surface area contributed by atoms with Crippen molar-refractivity contribution in [2.24, 2.45) is 5.41 Å². The highest BCUT2D eigenvalue weighted by Crippen LogP contribution is 2.72. The molecule has 19 heavy (non-hydrogen) atoms. The lowest BCUT2D eigenvalue weighted by atomic mass is 9.90. The fourth-order valence-electron chi connectivity index (χ4n) is 4.05. The van der Waals surface area contributed by atoms with Crippen LogP contribution in [0.1, 0.15) is 54.0 Å². The monoisotopic (exact) mass is 250 g/mol. The predicted octanol–water partition coefficient (Wildman–Crippen LogP) is 3.99. The van der Waals surface area contributed by atoms with E-state index in [0.717, 1.165) is 11.1 Å². The van der Waals surface area contributed by atoms with Gasteiger partial charge in [0, 0.05) is 0 Å². The van der Waals surface area contributed by atoms with Gasteiger partial charge in [0.05, 0.1) is 0 Å². The van der Waals surface area contributed by atoms with Gasteiger partial charge in [-0.1, -0.05) is 62.4 Å². The molecule has 96 valence electrons. The quantitative estimate of drug-likeness (QED) is 0.749. The maximum absolute atomic E-state index is 10.7. The minimum Gasteiger partial charge on any atom is -0.384 e. The number of aliphatic hydroxyl groups is 1.